The Labute approximate surface area is 158 Å². The minimum atomic E-state index is -3.66. The summed E-state index contributed by atoms with van der Waals surface area (Å²) < 4.78 is 55.1. The highest BCUT2D eigenvalue weighted by atomic mass is 32.2. The van der Waals surface area contributed by atoms with Gasteiger partial charge < -0.3 is 10.1 Å². The fraction of sp³-hybridized carbons (Fsp3) is 0.412. The van der Waals surface area contributed by atoms with Gasteiger partial charge >= 0.3 is 0 Å². The molecular formula is C17H21NO5S3. The van der Waals surface area contributed by atoms with Crippen LogP contribution < -0.4 is 10.1 Å². The van der Waals surface area contributed by atoms with Gasteiger partial charge in [0.2, 0.25) is 0 Å². The van der Waals surface area contributed by atoms with E-state index < -0.39 is 31.0 Å². The van der Waals surface area contributed by atoms with E-state index in [1.54, 1.807) is 18.6 Å². The molecule has 26 heavy (non-hydrogen) atoms. The first-order chi connectivity index (χ1) is 12.3. The second kappa shape index (κ2) is 7.67. The number of hydrogen-bond acceptors (Lipinski definition) is 7. The van der Waals surface area contributed by atoms with Crippen LogP contribution in [0, 0.1) is 0 Å². The van der Waals surface area contributed by atoms with Gasteiger partial charge in [0.05, 0.1) is 23.9 Å². The molecule has 0 unspecified atom stereocenters. The Morgan fingerprint density at radius 3 is 2.73 bits per heavy atom. The summed E-state index contributed by atoms with van der Waals surface area (Å²) >= 11 is 1.12. The second-order valence-electron chi connectivity index (χ2n) is 6.25. The number of thiophene rings is 1. The van der Waals surface area contributed by atoms with Gasteiger partial charge in [0.1, 0.15) is 9.96 Å². The van der Waals surface area contributed by atoms with Crippen LogP contribution in [0.1, 0.15) is 5.56 Å². The topological polar surface area (TPSA) is 89.5 Å². The Morgan fingerprint density at radius 2 is 2.04 bits per heavy atom. The van der Waals surface area contributed by atoms with E-state index in [9.17, 15) is 16.8 Å². The van der Waals surface area contributed by atoms with Crippen LogP contribution in [0.5, 0.6) is 5.75 Å². The third-order valence-corrected chi connectivity index (χ3v) is 10.0. The highest BCUT2D eigenvalue weighted by Gasteiger charge is 2.45. The van der Waals surface area contributed by atoms with Gasteiger partial charge in [-0.2, -0.15) is 0 Å². The summed E-state index contributed by atoms with van der Waals surface area (Å²) in [6, 6.07) is 10.2. The first-order valence-electron chi connectivity index (χ1n) is 8.16. The minimum absolute atomic E-state index is 0.152. The third kappa shape index (κ3) is 4.28. The molecule has 3 rings (SSSR count). The van der Waals surface area contributed by atoms with Gasteiger partial charge in [-0.3, -0.25) is 0 Å². The Morgan fingerprint density at radius 1 is 1.23 bits per heavy atom. The zero-order chi connectivity index (χ0) is 18.8. The van der Waals surface area contributed by atoms with Crippen LogP contribution >= 0.6 is 11.3 Å². The van der Waals surface area contributed by atoms with Crippen LogP contribution in [0.25, 0.3) is 0 Å². The molecule has 0 spiro atoms. The van der Waals surface area contributed by atoms with Gasteiger partial charge in [0.25, 0.3) is 0 Å². The summed E-state index contributed by atoms with van der Waals surface area (Å²) in [6.07, 6.45) is 0.652. The van der Waals surface area contributed by atoms with E-state index in [0.29, 0.717) is 13.0 Å². The highest BCUT2D eigenvalue weighted by Crippen LogP contribution is 2.28. The quantitative estimate of drug-likeness (QED) is 0.738. The molecule has 0 radical (unpaired) electrons. The van der Waals surface area contributed by atoms with Crippen molar-refractivity contribution in [1.82, 2.24) is 5.32 Å². The third-order valence-electron chi connectivity index (χ3n) is 4.43. The van der Waals surface area contributed by atoms with Crippen molar-refractivity contribution < 1.29 is 21.6 Å². The van der Waals surface area contributed by atoms with Crippen LogP contribution in [0.3, 0.4) is 0 Å². The van der Waals surface area contributed by atoms with Crippen LogP contribution in [-0.4, -0.2) is 53.3 Å². The molecule has 0 aliphatic carbocycles. The molecule has 1 fully saturated rings. The van der Waals surface area contributed by atoms with Crippen molar-refractivity contribution in [3.8, 4) is 5.75 Å². The molecule has 2 atom stereocenters. The zero-order valence-corrected chi connectivity index (χ0v) is 16.7. The van der Waals surface area contributed by atoms with E-state index in [-0.39, 0.29) is 15.7 Å². The fourth-order valence-electron chi connectivity index (χ4n) is 3.12. The summed E-state index contributed by atoms with van der Waals surface area (Å²) in [4.78, 5) is 0. The van der Waals surface area contributed by atoms with E-state index in [1.165, 1.54) is 6.07 Å². The van der Waals surface area contributed by atoms with Gasteiger partial charge in [-0.05, 0) is 42.1 Å². The summed E-state index contributed by atoms with van der Waals surface area (Å²) in [5.41, 5.74) is 1.04. The maximum Gasteiger partial charge on any atom is 0.193 e. The van der Waals surface area contributed by atoms with Crippen LogP contribution in [0.4, 0.5) is 0 Å². The van der Waals surface area contributed by atoms with E-state index >= 15 is 0 Å². The van der Waals surface area contributed by atoms with Gasteiger partial charge in [-0.25, -0.2) is 16.8 Å². The average Bonchev–Trinajstić information content (AvgIpc) is 3.23. The minimum Gasteiger partial charge on any atom is -0.497 e. The molecule has 2 heterocycles. The lowest BCUT2D eigenvalue weighted by molar-refractivity contribution is 0.414. The van der Waals surface area contributed by atoms with E-state index in [4.69, 9.17) is 4.74 Å². The summed E-state index contributed by atoms with van der Waals surface area (Å²) in [5.74, 6) is 0.272. The molecule has 1 N–H and O–H groups in total. The number of nitrogens with one attached hydrogen (secondary N) is 1. The van der Waals surface area contributed by atoms with Crippen molar-refractivity contribution in [3.63, 3.8) is 0 Å². The molecule has 1 aromatic carbocycles. The van der Waals surface area contributed by atoms with E-state index in [2.05, 4.69) is 5.32 Å². The Balaban J connectivity index is 1.71. The van der Waals surface area contributed by atoms with Crippen molar-refractivity contribution in [2.24, 2.45) is 0 Å². The molecule has 142 valence electrons. The smallest absolute Gasteiger partial charge is 0.193 e. The number of benzene rings is 1. The van der Waals surface area contributed by atoms with Crippen molar-refractivity contribution in [1.29, 1.82) is 0 Å². The summed E-state index contributed by atoms with van der Waals surface area (Å²) in [5, 5.41) is 3.88. The van der Waals surface area contributed by atoms with E-state index in [1.807, 2.05) is 24.3 Å². The normalized spacial score (nSPS) is 22.3. The molecule has 1 saturated heterocycles. The van der Waals surface area contributed by atoms with Gasteiger partial charge in [0, 0.05) is 6.04 Å². The standard InChI is InChI=1S/C17H21NO5S3/c1-23-14-5-2-4-13(10-14)7-8-18-15-11-25(19,20)12-16(15)26(21,22)17-6-3-9-24-17/h2-6,9-10,15-16,18H,7-8,11-12H2,1H3/t15-,16-/m1/s1. The number of ether oxygens (including phenoxy) is 1. The van der Waals surface area contributed by atoms with E-state index in [0.717, 1.165) is 22.6 Å². The molecular weight excluding hydrogens is 394 g/mol. The predicted molar refractivity (Wildman–Crippen MR) is 102 cm³/mol. The number of sulfone groups is 2. The molecule has 0 amide bonds. The van der Waals surface area contributed by atoms with Crippen molar-refractivity contribution in [2.75, 3.05) is 25.2 Å². The SMILES string of the molecule is COc1cccc(CCN[C@@H]2CS(=O)(=O)C[C@H]2S(=O)(=O)c2cccs2)c1. The maximum atomic E-state index is 12.8. The van der Waals surface area contributed by atoms with Crippen molar-refractivity contribution in [2.45, 2.75) is 21.9 Å². The van der Waals surface area contributed by atoms with Crippen LogP contribution in [0.2, 0.25) is 0 Å². The Kier molecular flexibility index (Phi) is 5.71. The molecule has 9 heteroatoms. The molecule has 1 aromatic heterocycles. The second-order valence-corrected chi connectivity index (χ2v) is 11.7. The maximum absolute atomic E-state index is 12.8. The number of hydrogen-bond donors (Lipinski definition) is 1. The number of methoxy groups -OCH3 is 1. The molecule has 0 bridgehead atoms. The van der Waals surface area contributed by atoms with Gasteiger partial charge in [-0.15, -0.1) is 11.3 Å². The zero-order valence-electron chi connectivity index (χ0n) is 14.3. The Bertz CT molecular complexity index is 952. The van der Waals surface area contributed by atoms with Crippen LogP contribution in [-0.2, 0) is 26.1 Å². The molecule has 1 aliphatic rings. The van der Waals surface area contributed by atoms with Crippen LogP contribution in [0.15, 0.2) is 46.0 Å². The lowest BCUT2D eigenvalue weighted by atomic mass is 10.1. The number of rotatable bonds is 7. The largest absolute Gasteiger partial charge is 0.497 e. The first-order valence-corrected chi connectivity index (χ1v) is 12.4. The lowest BCUT2D eigenvalue weighted by Crippen LogP contribution is -2.43. The Hall–Kier alpha value is -1.42. The van der Waals surface area contributed by atoms with Crippen molar-refractivity contribution >= 4 is 31.0 Å². The van der Waals surface area contributed by atoms with Gasteiger partial charge in [0.15, 0.2) is 19.7 Å². The van der Waals surface area contributed by atoms with Gasteiger partial charge in [-0.1, -0.05) is 18.2 Å². The first kappa shape index (κ1) is 19.3. The molecule has 2 aromatic rings. The van der Waals surface area contributed by atoms with Crippen molar-refractivity contribution in [3.05, 3.63) is 47.3 Å². The monoisotopic (exact) mass is 415 g/mol. The predicted octanol–water partition coefficient (Wildman–Crippen LogP) is 1.53. The summed E-state index contributed by atoms with van der Waals surface area (Å²) in [6.45, 7) is 0.490. The fourth-order valence-corrected chi connectivity index (χ4v) is 9.06. The lowest BCUT2D eigenvalue weighted by Gasteiger charge is -2.19. The summed E-state index contributed by atoms with van der Waals surface area (Å²) in [7, 11) is -5.45. The average molecular weight is 416 g/mol. The molecule has 6 nitrogen and oxygen atoms in total. The molecule has 0 saturated carbocycles. The highest BCUT2D eigenvalue weighted by molar-refractivity contribution is 7.97. The molecule has 1 aliphatic heterocycles.